The van der Waals surface area contributed by atoms with Gasteiger partial charge in [0.05, 0.1) is 18.9 Å². The molecule has 20 heavy (non-hydrogen) atoms. The lowest BCUT2D eigenvalue weighted by molar-refractivity contribution is 0.311. The molecule has 1 atom stereocenters. The molecule has 0 radical (unpaired) electrons. The molecule has 4 nitrogen and oxygen atoms in total. The number of hydrogen-bond acceptors (Lipinski definition) is 4. The Morgan fingerprint density at radius 3 is 2.70 bits per heavy atom. The Labute approximate surface area is 119 Å². The van der Waals surface area contributed by atoms with Crippen LogP contribution in [0.4, 0.5) is 0 Å². The van der Waals surface area contributed by atoms with Crippen LogP contribution in [0.15, 0.2) is 41.0 Å². The van der Waals surface area contributed by atoms with Crippen LogP contribution in [0.3, 0.4) is 0 Å². The summed E-state index contributed by atoms with van der Waals surface area (Å²) in [5.41, 5.74) is 4.96. The Kier molecular flexibility index (Phi) is 5.21. The fourth-order valence-electron chi connectivity index (χ4n) is 2.30. The maximum atomic E-state index is 5.81. The van der Waals surface area contributed by atoms with Crippen LogP contribution in [0.5, 0.6) is 5.75 Å². The van der Waals surface area contributed by atoms with E-state index in [1.807, 2.05) is 30.3 Å². The molecular formula is C16H22N2O2. The van der Waals surface area contributed by atoms with Gasteiger partial charge in [-0.1, -0.05) is 32.0 Å². The largest absolute Gasteiger partial charge is 0.493 e. The van der Waals surface area contributed by atoms with E-state index in [0.717, 1.165) is 35.5 Å². The number of nitrogens with two attached hydrogens (primary N) is 1. The fourth-order valence-corrected chi connectivity index (χ4v) is 2.30. The average molecular weight is 274 g/mol. The van der Waals surface area contributed by atoms with Crippen molar-refractivity contribution in [3.05, 3.63) is 53.5 Å². The summed E-state index contributed by atoms with van der Waals surface area (Å²) in [5.74, 6) is 7.57. The van der Waals surface area contributed by atoms with Crippen molar-refractivity contribution in [2.75, 3.05) is 6.61 Å². The number of ether oxygens (including phenoxy) is 1. The van der Waals surface area contributed by atoms with Gasteiger partial charge in [-0.3, -0.25) is 5.84 Å². The van der Waals surface area contributed by atoms with Gasteiger partial charge in [0.1, 0.15) is 11.5 Å². The van der Waals surface area contributed by atoms with Gasteiger partial charge in [0.2, 0.25) is 0 Å². The molecule has 1 unspecified atom stereocenters. The molecule has 3 N–H and O–H groups in total. The van der Waals surface area contributed by atoms with E-state index in [1.54, 1.807) is 6.26 Å². The van der Waals surface area contributed by atoms with Crippen molar-refractivity contribution in [2.24, 2.45) is 5.84 Å². The molecular weight excluding hydrogens is 252 g/mol. The lowest BCUT2D eigenvalue weighted by Crippen LogP contribution is -2.29. The monoisotopic (exact) mass is 274 g/mol. The molecule has 4 heteroatoms. The number of benzene rings is 1. The van der Waals surface area contributed by atoms with Gasteiger partial charge in [0.15, 0.2) is 0 Å². The zero-order chi connectivity index (χ0) is 14.4. The van der Waals surface area contributed by atoms with Crippen molar-refractivity contribution in [2.45, 2.75) is 32.7 Å². The van der Waals surface area contributed by atoms with Crippen LogP contribution in [0.1, 0.15) is 43.2 Å². The molecule has 1 aromatic carbocycles. The molecule has 0 fully saturated rings. The summed E-state index contributed by atoms with van der Waals surface area (Å²) in [7, 11) is 0. The van der Waals surface area contributed by atoms with Crippen LogP contribution in [0.25, 0.3) is 0 Å². The van der Waals surface area contributed by atoms with E-state index in [2.05, 4.69) is 19.3 Å². The molecule has 0 spiro atoms. The summed E-state index contributed by atoms with van der Waals surface area (Å²) >= 11 is 0. The summed E-state index contributed by atoms with van der Waals surface area (Å²) in [6.45, 7) is 4.85. The van der Waals surface area contributed by atoms with Crippen molar-refractivity contribution in [3.63, 3.8) is 0 Å². The van der Waals surface area contributed by atoms with E-state index < -0.39 is 0 Å². The van der Waals surface area contributed by atoms with Crippen molar-refractivity contribution in [1.82, 2.24) is 5.43 Å². The molecule has 0 bridgehead atoms. The number of hydrogen-bond donors (Lipinski definition) is 2. The third kappa shape index (κ3) is 3.03. The van der Waals surface area contributed by atoms with Crippen LogP contribution in [-0.2, 0) is 6.42 Å². The van der Waals surface area contributed by atoms with Crippen LogP contribution < -0.4 is 16.0 Å². The maximum Gasteiger partial charge on any atom is 0.124 e. The lowest BCUT2D eigenvalue weighted by atomic mass is 9.98. The Bertz CT molecular complexity index is 537. The predicted molar refractivity (Wildman–Crippen MR) is 79.5 cm³/mol. The van der Waals surface area contributed by atoms with Gasteiger partial charge in [0.25, 0.3) is 0 Å². The first-order valence-corrected chi connectivity index (χ1v) is 7.05. The Balaban J connectivity index is 2.36. The van der Waals surface area contributed by atoms with E-state index in [4.69, 9.17) is 15.0 Å². The first-order chi connectivity index (χ1) is 9.81. The smallest absolute Gasteiger partial charge is 0.124 e. The first-order valence-electron chi connectivity index (χ1n) is 7.05. The van der Waals surface area contributed by atoms with Crippen molar-refractivity contribution in [1.29, 1.82) is 0 Å². The van der Waals surface area contributed by atoms with E-state index >= 15 is 0 Å². The van der Waals surface area contributed by atoms with E-state index in [1.165, 1.54) is 0 Å². The quantitative estimate of drug-likeness (QED) is 0.601. The van der Waals surface area contributed by atoms with Gasteiger partial charge in [-0.05, 0) is 18.6 Å². The van der Waals surface area contributed by atoms with E-state index in [0.29, 0.717) is 6.61 Å². The van der Waals surface area contributed by atoms with Gasteiger partial charge < -0.3 is 9.15 Å². The summed E-state index contributed by atoms with van der Waals surface area (Å²) in [4.78, 5) is 0. The highest BCUT2D eigenvalue weighted by molar-refractivity contribution is 5.42. The average Bonchev–Trinajstić information content (AvgIpc) is 2.95. The second kappa shape index (κ2) is 7.12. The van der Waals surface area contributed by atoms with E-state index in [9.17, 15) is 0 Å². The Morgan fingerprint density at radius 2 is 2.00 bits per heavy atom. The van der Waals surface area contributed by atoms with Crippen LogP contribution in [-0.4, -0.2) is 6.61 Å². The normalized spacial score (nSPS) is 12.3. The second-order valence-electron chi connectivity index (χ2n) is 4.64. The molecule has 2 rings (SSSR count). The maximum absolute atomic E-state index is 5.81. The van der Waals surface area contributed by atoms with Gasteiger partial charge in [0, 0.05) is 17.5 Å². The third-order valence-electron chi connectivity index (χ3n) is 3.27. The highest BCUT2D eigenvalue weighted by Crippen LogP contribution is 2.32. The summed E-state index contributed by atoms with van der Waals surface area (Å²) < 4.78 is 11.3. The van der Waals surface area contributed by atoms with Crippen LogP contribution in [0, 0.1) is 0 Å². The van der Waals surface area contributed by atoms with Crippen molar-refractivity contribution in [3.8, 4) is 5.75 Å². The van der Waals surface area contributed by atoms with Gasteiger partial charge in [-0.25, -0.2) is 5.43 Å². The van der Waals surface area contributed by atoms with Crippen molar-refractivity contribution < 1.29 is 9.15 Å². The minimum absolute atomic E-state index is 0.128. The Hall–Kier alpha value is -1.78. The second-order valence-corrected chi connectivity index (χ2v) is 4.64. The zero-order valence-corrected chi connectivity index (χ0v) is 12.1. The fraction of sp³-hybridized carbons (Fsp3) is 0.375. The third-order valence-corrected chi connectivity index (χ3v) is 3.27. The van der Waals surface area contributed by atoms with Crippen molar-refractivity contribution >= 4 is 0 Å². The number of hydrazine groups is 1. The number of furan rings is 1. The Morgan fingerprint density at radius 1 is 1.20 bits per heavy atom. The molecule has 1 aromatic heterocycles. The first kappa shape index (κ1) is 14.6. The van der Waals surface area contributed by atoms with Gasteiger partial charge in [-0.15, -0.1) is 0 Å². The minimum atomic E-state index is -0.128. The molecule has 108 valence electrons. The molecule has 0 saturated carbocycles. The summed E-state index contributed by atoms with van der Waals surface area (Å²) in [6.07, 6.45) is 3.51. The highest BCUT2D eigenvalue weighted by Gasteiger charge is 2.21. The van der Waals surface area contributed by atoms with Gasteiger partial charge >= 0.3 is 0 Å². The number of para-hydroxylation sites is 1. The molecule has 0 saturated heterocycles. The SMILES string of the molecule is CCCOc1ccccc1C(NN)c1ccoc1CC. The number of rotatable bonds is 7. The summed E-state index contributed by atoms with van der Waals surface area (Å²) in [5, 5.41) is 0. The predicted octanol–water partition coefficient (Wildman–Crippen LogP) is 3.18. The molecule has 0 aliphatic rings. The highest BCUT2D eigenvalue weighted by atomic mass is 16.5. The molecule has 0 aliphatic carbocycles. The number of aryl methyl sites for hydroxylation is 1. The standard InChI is InChI=1S/C16H22N2O2/c1-3-10-19-15-8-6-5-7-12(15)16(18-17)13-9-11-20-14(13)4-2/h5-9,11,16,18H,3-4,10,17H2,1-2H3. The van der Waals surface area contributed by atoms with Gasteiger partial charge in [-0.2, -0.15) is 0 Å². The molecule has 1 heterocycles. The van der Waals surface area contributed by atoms with E-state index in [-0.39, 0.29) is 6.04 Å². The topological polar surface area (TPSA) is 60.4 Å². The molecule has 0 amide bonds. The minimum Gasteiger partial charge on any atom is -0.493 e. The summed E-state index contributed by atoms with van der Waals surface area (Å²) in [6, 6.07) is 9.79. The zero-order valence-electron chi connectivity index (χ0n) is 12.1. The molecule has 0 aliphatic heterocycles. The van der Waals surface area contributed by atoms with Crippen LogP contribution in [0.2, 0.25) is 0 Å². The molecule has 2 aromatic rings. The van der Waals surface area contributed by atoms with Crippen LogP contribution >= 0.6 is 0 Å². The number of nitrogens with one attached hydrogen (secondary N) is 1. The lowest BCUT2D eigenvalue weighted by Gasteiger charge is -2.20.